The maximum Gasteiger partial charge on any atom is 0.344 e. The van der Waals surface area contributed by atoms with E-state index >= 15 is 0 Å². The maximum atomic E-state index is 13.4. The van der Waals surface area contributed by atoms with Crippen LogP contribution in [-0.4, -0.2) is 14.8 Å². The molecule has 0 aliphatic heterocycles. The number of aromatic amines is 1. The van der Waals surface area contributed by atoms with E-state index in [1.165, 1.54) is 6.07 Å². The zero-order chi connectivity index (χ0) is 13.1. The summed E-state index contributed by atoms with van der Waals surface area (Å²) in [5, 5.41) is 3.77. The standard InChI is InChI=1S/C11H9BrFN3O2/c12-9-10(17)14-11(18)16(15-9)6-5-7-3-1-2-4-8(7)13/h1-4H,5-6H2,(H,14,17,18). The number of nitrogens with zero attached hydrogens (tertiary/aromatic N) is 2. The van der Waals surface area contributed by atoms with Crippen LogP contribution >= 0.6 is 15.9 Å². The summed E-state index contributed by atoms with van der Waals surface area (Å²) in [5.74, 6) is -0.325. The van der Waals surface area contributed by atoms with E-state index in [4.69, 9.17) is 0 Å². The van der Waals surface area contributed by atoms with Crippen LogP contribution in [0.15, 0.2) is 38.5 Å². The van der Waals surface area contributed by atoms with Crippen LogP contribution in [0.5, 0.6) is 0 Å². The summed E-state index contributed by atoms with van der Waals surface area (Å²) >= 11 is 2.93. The molecule has 1 aromatic carbocycles. The molecule has 0 fully saturated rings. The lowest BCUT2D eigenvalue weighted by atomic mass is 10.1. The Morgan fingerprint density at radius 3 is 2.78 bits per heavy atom. The number of H-pyrrole nitrogens is 1. The Labute approximate surface area is 109 Å². The minimum Gasteiger partial charge on any atom is -0.270 e. The molecule has 0 bridgehead atoms. The van der Waals surface area contributed by atoms with Gasteiger partial charge in [-0.2, -0.15) is 5.10 Å². The van der Waals surface area contributed by atoms with E-state index in [9.17, 15) is 14.0 Å². The summed E-state index contributed by atoms with van der Waals surface area (Å²) in [4.78, 5) is 24.6. The lowest BCUT2D eigenvalue weighted by molar-refractivity contribution is 0.532. The Morgan fingerprint density at radius 1 is 1.33 bits per heavy atom. The first-order valence-electron chi connectivity index (χ1n) is 5.18. The molecule has 1 N–H and O–H groups in total. The first-order valence-corrected chi connectivity index (χ1v) is 5.97. The molecule has 0 unspecified atom stereocenters. The van der Waals surface area contributed by atoms with Crippen molar-refractivity contribution in [2.75, 3.05) is 0 Å². The minimum atomic E-state index is -0.612. The number of halogens is 2. The van der Waals surface area contributed by atoms with Crippen LogP contribution < -0.4 is 11.2 Å². The summed E-state index contributed by atoms with van der Waals surface area (Å²) in [5.41, 5.74) is -0.699. The van der Waals surface area contributed by atoms with Crippen molar-refractivity contribution in [3.8, 4) is 0 Å². The number of hydrogen-bond acceptors (Lipinski definition) is 3. The first kappa shape index (κ1) is 12.7. The van der Waals surface area contributed by atoms with Crippen molar-refractivity contribution in [3.63, 3.8) is 0 Å². The fourth-order valence-electron chi connectivity index (χ4n) is 1.49. The van der Waals surface area contributed by atoms with Gasteiger partial charge in [-0.1, -0.05) is 18.2 Å². The molecule has 94 valence electrons. The predicted molar refractivity (Wildman–Crippen MR) is 66.9 cm³/mol. The van der Waals surface area contributed by atoms with Gasteiger partial charge in [-0.05, 0) is 34.0 Å². The second-order valence-corrected chi connectivity index (χ2v) is 4.37. The Balaban J connectivity index is 2.21. The zero-order valence-corrected chi connectivity index (χ0v) is 10.8. The highest BCUT2D eigenvalue weighted by Gasteiger charge is 2.05. The summed E-state index contributed by atoms with van der Waals surface area (Å²) in [6.07, 6.45) is 0.318. The van der Waals surface area contributed by atoms with Crippen LogP contribution in [0.2, 0.25) is 0 Å². The summed E-state index contributed by atoms with van der Waals surface area (Å²) in [6.45, 7) is 0.190. The highest BCUT2D eigenvalue weighted by molar-refractivity contribution is 9.10. The smallest absolute Gasteiger partial charge is 0.270 e. The summed E-state index contributed by atoms with van der Waals surface area (Å²) < 4.78 is 14.5. The molecule has 0 aliphatic rings. The Bertz CT molecular complexity index is 680. The number of nitrogens with one attached hydrogen (secondary N) is 1. The second-order valence-electron chi connectivity index (χ2n) is 3.61. The normalized spacial score (nSPS) is 10.6. The predicted octanol–water partition coefficient (Wildman–Crippen LogP) is 1.08. The van der Waals surface area contributed by atoms with Gasteiger partial charge in [0, 0.05) is 0 Å². The average molecular weight is 314 g/mol. The first-order chi connectivity index (χ1) is 8.58. The van der Waals surface area contributed by atoms with Crippen LogP contribution in [0, 0.1) is 5.82 Å². The quantitative estimate of drug-likeness (QED) is 0.922. The van der Waals surface area contributed by atoms with Crippen molar-refractivity contribution in [3.05, 3.63) is 61.1 Å². The molecule has 2 rings (SSSR count). The van der Waals surface area contributed by atoms with Gasteiger partial charge in [0.1, 0.15) is 5.82 Å². The minimum absolute atomic E-state index is 0.0237. The molecule has 1 heterocycles. The van der Waals surface area contributed by atoms with Gasteiger partial charge in [-0.3, -0.25) is 9.78 Å². The highest BCUT2D eigenvalue weighted by atomic mass is 79.9. The van der Waals surface area contributed by atoms with Crippen LogP contribution in [0.1, 0.15) is 5.56 Å². The van der Waals surface area contributed by atoms with E-state index in [0.717, 1.165) is 4.68 Å². The number of aromatic nitrogens is 3. The number of aryl methyl sites for hydroxylation is 2. The van der Waals surface area contributed by atoms with Crippen LogP contribution in [-0.2, 0) is 13.0 Å². The van der Waals surface area contributed by atoms with Gasteiger partial charge >= 0.3 is 5.69 Å². The molecule has 1 aromatic heterocycles. The van der Waals surface area contributed by atoms with Gasteiger partial charge in [0.25, 0.3) is 5.56 Å². The van der Waals surface area contributed by atoms with E-state index in [2.05, 4.69) is 26.0 Å². The van der Waals surface area contributed by atoms with Gasteiger partial charge in [-0.25, -0.2) is 13.9 Å². The van der Waals surface area contributed by atoms with Crippen molar-refractivity contribution in [2.45, 2.75) is 13.0 Å². The highest BCUT2D eigenvalue weighted by Crippen LogP contribution is 2.07. The molecule has 0 spiro atoms. The third kappa shape index (κ3) is 2.73. The largest absolute Gasteiger partial charge is 0.344 e. The fraction of sp³-hybridized carbons (Fsp3) is 0.182. The monoisotopic (exact) mass is 313 g/mol. The van der Waals surface area contributed by atoms with Crippen molar-refractivity contribution in [1.82, 2.24) is 14.8 Å². The molecule has 0 aliphatic carbocycles. The van der Waals surface area contributed by atoms with Crippen molar-refractivity contribution < 1.29 is 4.39 Å². The molecule has 2 aromatic rings. The van der Waals surface area contributed by atoms with Crippen molar-refractivity contribution >= 4 is 15.9 Å². The van der Waals surface area contributed by atoms with Crippen LogP contribution in [0.4, 0.5) is 4.39 Å². The summed E-state index contributed by atoms with van der Waals surface area (Å²) in [7, 11) is 0. The SMILES string of the molecule is O=c1[nH]c(=O)n(CCc2ccccc2F)nc1Br. The molecule has 0 atom stereocenters. The molecule has 0 saturated heterocycles. The topological polar surface area (TPSA) is 67.8 Å². The Morgan fingerprint density at radius 2 is 2.06 bits per heavy atom. The fourth-order valence-corrected chi connectivity index (χ4v) is 1.78. The third-order valence-corrected chi connectivity index (χ3v) is 2.92. The zero-order valence-electron chi connectivity index (χ0n) is 9.19. The second kappa shape index (κ2) is 5.26. The number of benzene rings is 1. The molecule has 0 saturated carbocycles. The lowest BCUT2D eigenvalue weighted by Crippen LogP contribution is -2.33. The Kier molecular flexibility index (Phi) is 3.71. The molecular formula is C11H9BrFN3O2. The van der Waals surface area contributed by atoms with E-state index in [1.54, 1.807) is 18.2 Å². The van der Waals surface area contributed by atoms with Crippen molar-refractivity contribution in [2.24, 2.45) is 0 Å². The summed E-state index contributed by atoms with van der Waals surface area (Å²) in [6, 6.07) is 6.31. The van der Waals surface area contributed by atoms with Gasteiger partial charge in [0.2, 0.25) is 0 Å². The van der Waals surface area contributed by atoms with Crippen LogP contribution in [0.25, 0.3) is 0 Å². The van der Waals surface area contributed by atoms with Gasteiger partial charge in [0.05, 0.1) is 6.54 Å². The van der Waals surface area contributed by atoms with Crippen molar-refractivity contribution in [1.29, 1.82) is 0 Å². The van der Waals surface area contributed by atoms with E-state index < -0.39 is 11.2 Å². The Hall–Kier alpha value is -1.76. The van der Waals surface area contributed by atoms with Gasteiger partial charge in [0.15, 0.2) is 4.60 Å². The third-order valence-electron chi connectivity index (χ3n) is 2.40. The van der Waals surface area contributed by atoms with E-state index in [-0.39, 0.29) is 17.0 Å². The van der Waals surface area contributed by atoms with E-state index in [0.29, 0.717) is 12.0 Å². The van der Waals surface area contributed by atoms with Crippen LogP contribution in [0.3, 0.4) is 0 Å². The van der Waals surface area contributed by atoms with Gasteiger partial charge < -0.3 is 0 Å². The maximum absolute atomic E-state index is 13.4. The molecule has 5 nitrogen and oxygen atoms in total. The number of hydrogen-bond donors (Lipinski definition) is 1. The van der Waals surface area contributed by atoms with Gasteiger partial charge in [-0.15, -0.1) is 0 Å². The number of rotatable bonds is 3. The molecule has 0 amide bonds. The molecule has 7 heteroatoms. The lowest BCUT2D eigenvalue weighted by Gasteiger charge is -2.05. The molecule has 0 radical (unpaired) electrons. The average Bonchev–Trinajstić information content (AvgIpc) is 2.34. The molecular weight excluding hydrogens is 305 g/mol. The molecule has 18 heavy (non-hydrogen) atoms. The van der Waals surface area contributed by atoms with E-state index in [1.807, 2.05) is 0 Å².